The van der Waals surface area contributed by atoms with Crippen molar-refractivity contribution in [2.75, 3.05) is 13.2 Å². The summed E-state index contributed by atoms with van der Waals surface area (Å²) in [5.41, 5.74) is 1.20. The second-order valence-electron chi connectivity index (χ2n) is 7.76. The zero-order chi connectivity index (χ0) is 22.5. The number of hydrogen-bond acceptors (Lipinski definition) is 4. The molecule has 0 saturated heterocycles. The van der Waals surface area contributed by atoms with Gasteiger partial charge in [0.25, 0.3) is 5.56 Å². The fourth-order valence-electron chi connectivity index (χ4n) is 3.88. The standard InChI is InChI=1S/C25H31N3O3/c1-6-22(27(7-2)24(29)17(4)5)23-26-21-12-10-9-11-20(21)25(30)28(23)18-13-15-19(16-14-18)31-8-3/h9-17,22H,6-8H2,1-5H3. The monoisotopic (exact) mass is 421 g/mol. The van der Waals surface area contributed by atoms with Crippen LogP contribution in [-0.2, 0) is 4.79 Å². The van der Waals surface area contributed by atoms with Gasteiger partial charge in [-0.15, -0.1) is 0 Å². The average Bonchev–Trinajstić information content (AvgIpc) is 2.78. The van der Waals surface area contributed by atoms with Crippen LogP contribution in [0.1, 0.15) is 52.9 Å². The number of carbonyl (C=O) groups is 1. The van der Waals surface area contributed by atoms with E-state index >= 15 is 0 Å². The van der Waals surface area contributed by atoms with E-state index < -0.39 is 0 Å². The maximum atomic E-state index is 13.6. The van der Waals surface area contributed by atoms with Crippen molar-refractivity contribution in [3.05, 3.63) is 64.7 Å². The maximum absolute atomic E-state index is 13.6. The molecule has 1 amide bonds. The molecule has 1 aromatic heterocycles. The third-order valence-electron chi connectivity index (χ3n) is 5.39. The summed E-state index contributed by atoms with van der Waals surface area (Å²) in [5, 5.41) is 0.549. The Kier molecular flexibility index (Phi) is 7.10. The average molecular weight is 422 g/mol. The van der Waals surface area contributed by atoms with Crippen LogP contribution in [0.4, 0.5) is 0 Å². The third-order valence-corrected chi connectivity index (χ3v) is 5.39. The maximum Gasteiger partial charge on any atom is 0.266 e. The van der Waals surface area contributed by atoms with Gasteiger partial charge in [-0.3, -0.25) is 14.2 Å². The van der Waals surface area contributed by atoms with Crippen molar-refractivity contribution in [1.29, 1.82) is 0 Å². The number of nitrogens with zero attached hydrogens (tertiary/aromatic N) is 3. The molecule has 2 aromatic carbocycles. The molecule has 0 bridgehead atoms. The van der Waals surface area contributed by atoms with Crippen LogP contribution in [0.15, 0.2) is 53.3 Å². The molecule has 6 heteroatoms. The van der Waals surface area contributed by atoms with Crippen LogP contribution in [0, 0.1) is 5.92 Å². The highest BCUT2D eigenvalue weighted by molar-refractivity contribution is 5.79. The first kappa shape index (κ1) is 22.5. The van der Waals surface area contributed by atoms with Gasteiger partial charge < -0.3 is 9.64 Å². The van der Waals surface area contributed by atoms with Gasteiger partial charge in [-0.1, -0.05) is 32.9 Å². The number of hydrogen-bond donors (Lipinski definition) is 0. The lowest BCUT2D eigenvalue weighted by molar-refractivity contribution is -0.137. The van der Waals surface area contributed by atoms with Crippen LogP contribution in [0.5, 0.6) is 5.75 Å². The Morgan fingerprint density at radius 2 is 1.74 bits per heavy atom. The van der Waals surface area contributed by atoms with E-state index in [2.05, 4.69) is 0 Å². The summed E-state index contributed by atoms with van der Waals surface area (Å²) >= 11 is 0. The molecule has 1 atom stereocenters. The summed E-state index contributed by atoms with van der Waals surface area (Å²) in [7, 11) is 0. The molecule has 0 aliphatic carbocycles. The number of fused-ring (bicyclic) bond motifs is 1. The molecule has 31 heavy (non-hydrogen) atoms. The molecular weight excluding hydrogens is 390 g/mol. The van der Waals surface area contributed by atoms with Crippen molar-refractivity contribution in [2.45, 2.75) is 47.1 Å². The molecule has 0 N–H and O–H groups in total. The zero-order valence-corrected chi connectivity index (χ0v) is 19.0. The van der Waals surface area contributed by atoms with Gasteiger partial charge in [0, 0.05) is 12.5 Å². The largest absolute Gasteiger partial charge is 0.494 e. The number of aromatic nitrogens is 2. The van der Waals surface area contributed by atoms with Gasteiger partial charge >= 0.3 is 0 Å². The summed E-state index contributed by atoms with van der Waals surface area (Å²) in [6.07, 6.45) is 0.647. The van der Waals surface area contributed by atoms with E-state index in [1.807, 2.05) is 82.0 Å². The van der Waals surface area contributed by atoms with E-state index in [0.29, 0.717) is 42.0 Å². The summed E-state index contributed by atoms with van der Waals surface area (Å²) in [6.45, 7) is 10.8. The minimum Gasteiger partial charge on any atom is -0.494 e. The van der Waals surface area contributed by atoms with E-state index in [4.69, 9.17) is 9.72 Å². The number of para-hydroxylation sites is 1. The molecule has 0 aliphatic rings. The lowest BCUT2D eigenvalue weighted by atomic mass is 10.1. The lowest BCUT2D eigenvalue weighted by Gasteiger charge is -2.32. The van der Waals surface area contributed by atoms with Gasteiger partial charge in [-0.05, 0) is 56.7 Å². The Balaban J connectivity index is 2.27. The number of rotatable bonds is 8. The van der Waals surface area contributed by atoms with Gasteiger partial charge in [-0.2, -0.15) is 0 Å². The van der Waals surface area contributed by atoms with Crippen molar-refractivity contribution in [3.8, 4) is 11.4 Å². The number of ether oxygens (including phenoxy) is 1. The molecule has 164 valence electrons. The second kappa shape index (κ2) is 9.77. The van der Waals surface area contributed by atoms with Crippen molar-refractivity contribution < 1.29 is 9.53 Å². The number of amides is 1. The van der Waals surface area contributed by atoms with E-state index in [1.165, 1.54) is 0 Å². The Morgan fingerprint density at radius 3 is 2.32 bits per heavy atom. The van der Waals surface area contributed by atoms with Gasteiger partial charge in [0.05, 0.1) is 29.2 Å². The van der Waals surface area contributed by atoms with Gasteiger partial charge in [0.2, 0.25) is 5.91 Å². The van der Waals surface area contributed by atoms with Crippen LogP contribution in [0.2, 0.25) is 0 Å². The Bertz CT molecular complexity index is 1100. The first-order valence-electron chi connectivity index (χ1n) is 11.0. The molecule has 0 saturated carbocycles. The van der Waals surface area contributed by atoms with Gasteiger partial charge in [0.15, 0.2) is 0 Å². The summed E-state index contributed by atoms with van der Waals surface area (Å²) in [5.74, 6) is 1.23. The molecule has 0 spiro atoms. The molecule has 6 nitrogen and oxygen atoms in total. The summed E-state index contributed by atoms with van der Waals surface area (Å²) < 4.78 is 7.19. The van der Waals surface area contributed by atoms with Crippen molar-refractivity contribution in [2.24, 2.45) is 5.92 Å². The van der Waals surface area contributed by atoms with Crippen LogP contribution in [-0.4, -0.2) is 33.5 Å². The second-order valence-corrected chi connectivity index (χ2v) is 7.76. The fourth-order valence-corrected chi connectivity index (χ4v) is 3.88. The highest BCUT2D eigenvalue weighted by Crippen LogP contribution is 2.27. The molecule has 0 radical (unpaired) electrons. The van der Waals surface area contributed by atoms with Crippen LogP contribution >= 0.6 is 0 Å². The third kappa shape index (κ3) is 4.48. The number of carbonyl (C=O) groups excluding carboxylic acids is 1. The van der Waals surface area contributed by atoms with Crippen molar-refractivity contribution in [3.63, 3.8) is 0 Å². The SMILES string of the molecule is CCOc1ccc(-n2c(C(CC)N(CC)C(=O)C(C)C)nc3ccccc3c2=O)cc1. The number of benzene rings is 2. The van der Waals surface area contributed by atoms with E-state index in [9.17, 15) is 9.59 Å². The van der Waals surface area contributed by atoms with E-state index in [0.717, 1.165) is 5.75 Å². The summed E-state index contributed by atoms with van der Waals surface area (Å²) in [4.78, 5) is 33.3. The normalized spacial score (nSPS) is 12.2. The topological polar surface area (TPSA) is 64.4 Å². The van der Waals surface area contributed by atoms with Gasteiger partial charge in [-0.25, -0.2) is 4.98 Å². The minimum atomic E-state index is -0.316. The first-order chi connectivity index (χ1) is 14.9. The predicted molar refractivity (Wildman–Crippen MR) is 124 cm³/mol. The molecule has 3 aromatic rings. The first-order valence-corrected chi connectivity index (χ1v) is 11.0. The van der Waals surface area contributed by atoms with Gasteiger partial charge in [0.1, 0.15) is 11.6 Å². The molecule has 3 rings (SSSR count). The van der Waals surface area contributed by atoms with Crippen molar-refractivity contribution >= 4 is 16.8 Å². The van der Waals surface area contributed by atoms with E-state index in [-0.39, 0.29) is 23.4 Å². The highest BCUT2D eigenvalue weighted by Gasteiger charge is 2.29. The van der Waals surface area contributed by atoms with E-state index in [1.54, 1.807) is 10.6 Å². The molecule has 1 unspecified atom stereocenters. The Morgan fingerprint density at radius 1 is 1.06 bits per heavy atom. The van der Waals surface area contributed by atoms with Crippen molar-refractivity contribution in [1.82, 2.24) is 14.5 Å². The molecule has 1 heterocycles. The van der Waals surface area contributed by atoms with Crippen LogP contribution < -0.4 is 10.3 Å². The minimum absolute atomic E-state index is 0.0509. The van der Waals surface area contributed by atoms with Crippen LogP contribution in [0.3, 0.4) is 0 Å². The fraction of sp³-hybridized carbons (Fsp3) is 0.400. The van der Waals surface area contributed by atoms with Crippen LogP contribution in [0.25, 0.3) is 16.6 Å². The molecule has 0 aliphatic heterocycles. The Labute approximate surface area is 183 Å². The smallest absolute Gasteiger partial charge is 0.266 e. The Hall–Kier alpha value is -3.15. The predicted octanol–water partition coefficient (Wildman–Crippen LogP) is 4.74. The molecule has 0 fully saturated rings. The zero-order valence-electron chi connectivity index (χ0n) is 19.0. The summed E-state index contributed by atoms with van der Waals surface area (Å²) in [6, 6.07) is 14.4. The quantitative estimate of drug-likeness (QED) is 0.527. The highest BCUT2D eigenvalue weighted by atomic mass is 16.5. The lowest BCUT2D eigenvalue weighted by Crippen LogP contribution is -2.40. The molecular formula is C25H31N3O3.